The number of allylic oxidation sites excluding steroid dienone is 2. The summed E-state index contributed by atoms with van der Waals surface area (Å²) in [6.07, 6.45) is 1.93. The van der Waals surface area contributed by atoms with Gasteiger partial charge in [0.15, 0.2) is 11.5 Å². The molecule has 0 saturated heterocycles. The third-order valence-electron chi connectivity index (χ3n) is 3.85. The second kappa shape index (κ2) is 8.36. The van der Waals surface area contributed by atoms with E-state index in [0.29, 0.717) is 44.9 Å². The zero-order valence-corrected chi connectivity index (χ0v) is 15.0. The van der Waals surface area contributed by atoms with Gasteiger partial charge < -0.3 is 20.9 Å². The second-order valence-corrected chi connectivity index (χ2v) is 6.51. The fourth-order valence-electron chi connectivity index (χ4n) is 2.54. The van der Waals surface area contributed by atoms with Crippen LogP contribution in [0.15, 0.2) is 39.4 Å². The highest BCUT2D eigenvalue weighted by atomic mass is 32.2. The predicted octanol–water partition coefficient (Wildman–Crippen LogP) is 3.09. The molecule has 1 heterocycles. The minimum atomic E-state index is -0.601. The minimum absolute atomic E-state index is 0.313. The van der Waals surface area contributed by atoms with Crippen molar-refractivity contribution < 1.29 is 9.47 Å². The maximum absolute atomic E-state index is 9.51. The van der Waals surface area contributed by atoms with Gasteiger partial charge in [-0.05, 0) is 24.1 Å². The molecule has 1 aliphatic rings. The maximum Gasteiger partial charge on any atom is 0.161 e. The minimum Gasteiger partial charge on any atom is -0.493 e. The van der Waals surface area contributed by atoms with E-state index >= 15 is 0 Å². The van der Waals surface area contributed by atoms with Gasteiger partial charge in [-0.2, -0.15) is 10.5 Å². The third kappa shape index (κ3) is 3.84. The Kier molecular flexibility index (Phi) is 6.21. The van der Waals surface area contributed by atoms with Gasteiger partial charge in [0.1, 0.15) is 0 Å². The Bertz CT molecular complexity index is 766. The summed E-state index contributed by atoms with van der Waals surface area (Å²) >= 11 is 1.05. The average molecular weight is 356 g/mol. The first-order valence-electron chi connectivity index (χ1n) is 7.85. The smallest absolute Gasteiger partial charge is 0.161 e. The number of ether oxygens (including phenoxy) is 2. The fourth-order valence-corrected chi connectivity index (χ4v) is 3.33. The lowest BCUT2D eigenvalue weighted by Crippen LogP contribution is -2.18. The Labute approximate surface area is 151 Å². The summed E-state index contributed by atoms with van der Waals surface area (Å²) in [4.78, 5) is 0. The monoisotopic (exact) mass is 356 g/mol. The summed E-state index contributed by atoms with van der Waals surface area (Å²) in [6, 6.07) is 9.55. The standard InChI is InChI=1S/C18H20N4O2S/c1-3-4-7-24-15-8-11(5-6-14(15)23-2)16-12(9-19)17(21)25-18(22)13(16)10-20/h5-6,8,16H,3-4,7,21-22H2,1-2H3. The molecule has 25 heavy (non-hydrogen) atoms. The summed E-state index contributed by atoms with van der Waals surface area (Å²) < 4.78 is 11.1. The fraction of sp³-hybridized carbons (Fsp3) is 0.333. The first-order valence-corrected chi connectivity index (χ1v) is 8.67. The molecule has 0 amide bonds. The van der Waals surface area contributed by atoms with E-state index in [-0.39, 0.29) is 0 Å². The van der Waals surface area contributed by atoms with Crippen LogP contribution in [0, 0.1) is 22.7 Å². The molecule has 0 spiro atoms. The number of thioether (sulfide) groups is 1. The Morgan fingerprint density at radius 3 is 2.28 bits per heavy atom. The van der Waals surface area contributed by atoms with Crippen molar-refractivity contribution in [1.82, 2.24) is 0 Å². The van der Waals surface area contributed by atoms with Gasteiger partial charge >= 0.3 is 0 Å². The molecule has 0 aromatic heterocycles. The number of rotatable bonds is 6. The number of methoxy groups -OCH3 is 1. The van der Waals surface area contributed by atoms with Crippen molar-refractivity contribution in [3.8, 4) is 23.6 Å². The van der Waals surface area contributed by atoms with Crippen LogP contribution in [-0.4, -0.2) is 13.7 Å². The SMILES string of the molecule is CCCCOc1cc(C2C(C#N)=C(N)SC(N)=C2C#N)ccc1OC. The Hall–Kier alpha value is -2.77. The first kappa shape index (κ1) is 18.6. The highest BCUT2D eigenvalue weighted by molar-refractivity contribution is 8.06. The molecule has 1 aliphatic heterocycles. The van der Waals surface area contributed by atoms with Crippen molar-refractivity contribution >= 4 is 11.8 Å². The lowest BCUT2D eigenvalue weighted by molar-refractivity contribution is 0.288. The van der Waals surface area contributed by atoms with Gasteiger partial charge in [-0.25, -0.2) is 0 Å². The number of nitriles is 2. The van der Waals surface area contributed by atoms with Gasteiger partial charge in [-0.3, -0.25) is 0 Å². The molecule has 0 radical (unpaired) electrons. The molecule has 2 rings (SSSR count). The van der Waals surface area contributed by atoms with Gasteiger partial charge in [0.25, 0.3) is 0 Å². The Morgan fingerprint density at radius 2 is 1.76 bits per heavy atom. The van der Waals surface area contributed by atoms with E-state index in [0.717, 1.165) is 24.6 Å². The van der Waals surface area contributed by atoms with Crippen LogP contribution in [0.25, 0.3) is 0 Å². The van der Waals surface area contributed by atoms with Crippen molar-refractivity contribution in [1.29, 1.82) is 10.5 Å². The maximum atomic E-state index is 9.51. The zero-order chi connectivity index (χ0) is 18.4. The molecule has 6 nitrogen and oxygen atoms in total. The molecule has 4 N–H and O–H groups in total. The second-order valence-electron chi connectivity index (χ2n) is 5.43. The summed E-state index contributed by atoms with van der Waals surface area (Å²) in [7, 11) is 1.57. The number of hydrogen-bond acceptors (Lipinski definition) is 7. The molecule has 0 saturated carbocycles. The van der Waals surface area contributed by atoms with Crippen molar-refractivity contribution in [2.75, 3.05) is 13.7 Å². The van der Waals surface area contributed by atoms with Crippen molar-refractivity contribution in [3.05, 3.63) is 45.0 Å². The van der Waals surface area contributed by atoms with E-state index < -0.39 is 5.92 Å². The summed E-state index contributed by atoms with van der Waals surface area (Å²) in [5, 5.41) is 19.6. The van der Waals surface area contributed by atoms with E-state index in [1.807, 2.05) is 0 Å². The molecule has 7 heteroatoms. The zero-order valence-electron chi connectivity index (χ0n) is 14.2. The van der Waals surface area contributed by atoms with Crippen molar-refractivity contribution in [2.24, 2.45) is 11.5 Å². The van der Waals surface area contributed by atoms with E-state index in [1.54, 1.807) is 25.3 Å². The molecule has 0 atom stereocenters. The Balaban J connectivity index is 2.51. The topological polar surface area (TPSA) is 118 Å². The lowest BCUT2D eigenvalue weighted by atomic mass is 9.85. The molecule has 1 aromatic carbocycles. The van der Waals surface area contributed by atoms with Crippen LogP contribution in [0.1, 0.15) is 31.2 Å². The average Bonchev–Trinajstić information content (AvgIpc) is 2.61. The van der Waals surface area contributed by atoms with Gasteiger partial charge in [0, 0.05) is 0 Å². The van der Waals surface area contributed by atoms with Crippen LogP contribution in [0.5, 0.6) is 11.5 Å². The van der Waals surface area contributed by atoms with Gasteiger partial charge in [-0.15, -0.1) is 0 Å². The summed E-state index contributed by atoms with van der Waals surface area (Å²) in [5.41, 5.74) is 13.3. The van der Waals surface area contributed by atoms with Crippen LogP contribution in [0.3, 0.4) is 0 Å². The van der Waals surface area contributed by atoms with Crippen LogP contribution >= 0.6 is 11.8 Å². The normalized spacial score (nSPS) is 14.9. The van der Waals surface area contributed by atoms with Gasteiger partial charge in [-0.1, -0.05) is 31.2 Å². The molecule has 0 aliphatic carbocycles. The quantitative estimate of drug-likeness (QED) is 0.752. The molecule has 1 aromatic rings. The molecule has 130 valence electrons. The molecule has 0 bridgehead atoms. The van der Waals surface area contributed by atoms with Crippen LogP contribution in [0.2, 0.25) is 0 Å². The number of nitrogens with zero attached hydrogens (tertiary/aromatic N) is 2. The number of benzene rings is 1. The van der Waals surface area contributed by atoms with E-state index in [1.165, 1.54) is 0 Å². The highest BCUT2D eigenvalue weighted by Gasteiger charge is 2.31. The summed E-state index contributed by atoms with van der Waals surface area (Å²) in [6.45, 7) is 2.64. The van der Waals surface area contributed by atoms with Crippen LogP contribution in [-0.2, 0) is 0 Å². The van der Waals surface area contributed by atoms with E-state index in [2.05, 4.69) is 19.1 Å². The first-order chi connectivity index (χ1) is 12.1. The van der Waals surface area contributed by atoms with Gasteiger partial charge in [0.2, 0.25) is 0 Å². The molecule has 0 fully saturated rings. The molecule has 0 unspecified atom stereocenters. The van der Waals surface area contributed by atoms with Gasteiger partial charge in [0.05, 0.1) is 53.0 Å². The largest absolute Gasteiger partial charge is 0.493 e. The lowest BCUT2D eigenvalue weighted by Gasteiger charge is -2.24. The molecular formula is C18H20N4O2S. The molecular weight excluding hydrogens is 336 g/mol. The van der Waals surface area contributed by atoms with E-state index in [9.17, 15) is 10.5 Å². The summed E-state index contributed by atoms with van der Waals surface area (Å²) in [5.74, 6) is 0.560. The van der Waals surface area contributed by atoms with Crippen LogP contribution < -0.4 is 20.9 Å². The van der Waals surface area contributed by atoms with Crippen molar-refractivity contribution in [3.63, 3.8) is 0 Å². The third-order valence-corrected chi connectivity index (χ3v) is 4.73. The number of nitrogens with two attached hydrogens (primary N) is 2. The number of unbranched alkanes of at least 4 members (excludes halogenated alkanes) is 1. The highest BCUT2D eigenvalue weighted by Crippen LogP contribution is 2.44. The van der Waals surface area contributed by atoms with E-state index in [4.69, 9.17) is 20.9 Å². The predicted molar refractivity (Wildman–Crippen MR) is 97.4 cm³/mol. The number of hydrogen-bond donors (Lipinski definition) is 2. The van der Waals surface area contributed by atoms with Crippen molar-refractivity contribution in [2.45, 2.75) is 25.7 Å². The van der Waals surface area contributed by atoms with Crippen LogP contribution in [0.4, 0.5) is 0 Å². The Morgan fingerprint density at radius 1 is 1.12 bits per heavy atom.